The van der Waals surface area contributed by atoms with E-state index in [1.165, 1.54) is 12.4 Å². The molecule has 1 aliphatic carbocycles. The second-order valence-corrected chi connectivity index (χ2v) is 6.97. The number of hydrogen-bond acceptors (Lipinski definition) is 5. The van der Waals surface area contributed by atoms with Crippen molar-refractivity contribution >= 4 is 34.9 Å². The highest BCUT2D eigenvalue weighted by atomic mass is 35.5. The minimum Gasteiger partial charge on any atom is -0.488 e. The van der Waals surface area contributed by atoms with Crippen LogP contribution in [0.2, 0.25) is 10.0 Å². The van der Waals surface area contributed by atoms with E-state index in [9.17, 15) is 5.26 Å². The molecule has 0 radical (unpaired) electrons. The van der Waals surface area contributed by atoms with Gasteiger partial charge < -0.3 is 9.47 Å². The van der Waals surface area contributed by atoms with E-state index >= 15 is 0 Å². The second kappa shape index (κ2) is 9.07. The van der Waals surface area contributed by atoms with E-state index in [1.54, 1.807) is 18.3 Å². The molecule has 0 aliphatic heterocycles. The Morgan fingerprint density at radius 1 is 1.22 bits per heavy atom. The number of pyridine rings is 2. The lowest BCUT2D eigenvalue weighted by Crippen LogP contribution is -2.12. The molecule has 5 nitrogen and oxygen atoms in total. The molecule has 140 valence electrons. The smallest absolute Gasteiger partial charge is 0.179 e. The van der Waals surface area contributed by atoms with Crippen molar-refractivity contribution in [2.24, 2.45) is 0 Å². The number of rotatable bonds is 6. The molecule has 0 aromatic carbocycles. The van der Waals surface area contributed by atoms with E-state index in [2.05, 4.69) is 16.0 Å². The van der Waals surface area contributed by atoms with Crippen molar-refractivity contribution in [2.45, 2.75) is 38.7 Å². The lowest BCUT2D eigenvalue weighted by molar-refractivity contribution is 0.196. The summed E-state index contributed by atoms with van der Waals surface area (Å²) in [6.07, 6.45) is 10.7. The van der Waals surface area contributed by atoms with Crippen molar-refractivity contribution in [3.8, 4) is 17.6 Å². The molecule has 0 amide bonds. The molecule has 1 fully saturated rings. The maximum absolute atomic E-state index is 9.64. The zero-order chi connectivity index (χ0) is 19.2. The number of nitriles is 1. The molecule has 27 heavy (non-hydrogen) atoms. The average Bonchev–Trinajstić information content (AvgIpc) is 3.16. The van der Waals surface area contributed by atoms with Crippen LogP contribution in [0.3, 0.4) is 0 Å². The molecule has 3 rings (SSSR count). The minimum atomic E-state index is 0.165. The monoisotopic (exact) mass is 403 g/mol. The van der Waals surface area contributed by atoms with Crippen molar-refractivity contribution in [1.29, 1.82) is 5.26 Å². The minimum absolute atomic E-state index is 0.165. The molecule has 0 atom stereocenters. The summed E-state index contributed by atoms with van der Waals surface area (Å²) in [5.74, 6) is 1.17. The number of nitrogens with zero attached hydrogens (tertiary/aromatic N) is 3. The molecule has 0 spiro atoms. The third kappa shape index (κ3) is 4.71. The lowest BCUT2D eigenvalue weighted by Gasteiger charge is -2.17. The van der Waals surface area contributed by atoms with Crippen LogP contribution in [-0.4, -0.2) is 22.7 Å². The summed E-state index contributed by atoms with van der Waals surface area (Å²) in [4.78, 5) is 8.29. The summed E-state index contributed by atoms with van der Waals surface area (Å²) in [5.41, 5.74) is 1.32. The van der Waals surface area contributed by atoms with Crippen molar-refractivity contribution in [3.63, 3.8) is 0 Å². The largest absolute Gasteiger partial charge is 0.488 e. The van der Waals surface area contributed by atoms with Crippen LogP contribution < -0.4 is 9.47 Å². The van der Waals surface area contributed by atoms with Gasteiger partial charge in [-0.05, 0) is 38.7 Å². The van der Waals surface area contributed by atoms with Crippen LogP contribution in [0.25, 0.3) is 11.6 Å². The number of hydrogen-bond donors (Lipinski definition) is 0. The first-order valence-electron chi connectivity index (χ1n) is 8.83. The van der Waals surface area contributed by atoms with Gasteiger partial charge in [-0.3, -0.25) is 9.97 Å². The van der Waals surface area contributed by atoms with E-state index in [0.717, 1.165) is 25.7 Å². The van der Waals surface area contributed by atoms with Gasteiger partial charge >= 0.3 is 0 Å². The Labute approximate surface area is 168 Å². The Morgan fingerprint density at radius 3 is 2.56 bits per heavy atom. The summed E-state index contributed by atoms with van der Waals surface area (Å²) in [5, 5.41) is 10.4. The van der Waals surface area contributed by atoms with E-state index < -0.39 is 0 Å². The Morgan fingerprint density at radius 2 is 1.93 bits per heavy atom. The summed E-state index contributed by atoms with van der Waals surface area (Å²) < 4.78 is 11.8. The van der Waals surface area contributed by atoms with Gasteiger partial charge in [0.2, 0.25) is 0 Å². The van der Waals surface area contributed by atoms with Gasteiger partial charge in [-0.25, -0.2) is 0 Å². The van der Waals surface area contributed by atoms with Gasteiger partial charge in [0.05, 0.1) is 40.2 Å². The topological polar surface area (TPSA) is 68.0 Å². The van der Waals surface area contributed by atoms with E-state index in [1.807, 2.05) is 6.92 Å². The van der Waals surface area contributed by atoms with E-state index in [-0.39, 0.29) is 6.10 Å². The molecule has 0 N–H and O–H groups in total. The Balaban J connectivity index is 1.98. The highest BCUT2D eigenvalue weighted by Crippen LogP contribution is 2.34. The highest BCUT2D eigenvalue weighted by Gasteiger charge is 2.20. The van der Waals surface area contributed by atoms with Crippen LogP contribution in [0.5, 0.6) is 11.5 Å². The molecule has 2 aromatic rings. The predicted molar refractivity (Wildman–Crippen MR) is 106 cm³/mol. The van der Waals surface area contributed by atoms with Gasteiger partial charge in [0.1, 0.15) is 6.07 Å². The van der Waals surface area contributed by atoms with Crippen molar-refractivity contribution in [2.75, 3.05) is 6.61 Å². The Hall–Kier alpha value is -2.29. The number of allylic oxidation sites excluding steroid dienone is 1. The maximum atomic E-state index is 9.64. The van der Waals surface area contributed by atoms with Crippen LogP contribution in [0.15, 0.2) is 24.7 Å². The summed E-state index contributed by atoms with van der Waals surface area (Å²) in [6, 6.07) is 3.90. The molecule has 0 bridgehead atoms. The fraction of sp³-hybridized carbons (Fsp3) is 0.350. The highest BCUT2D eigenvalue weighted by molar-refractivity contribution is 6.37. The lowest BCUT2D eigenvalue weighted by atomic mass is 10.1. The van der Waals surface area contributed by atoms with Crippen molar-refractivity contribution in [3.05, 3.63) is 46.0 Å². The third-order valence-electron chi connectivity index (χ3n) is 4.30. The normalized spacial score (nSPS) is 14.8. The van der Waals surface area contributed by atoms with Crippen LogP contribution in [0.4, 0.5) is 0 Å². The Kier molecular flexibility index (Phi) is 6.54. The molecule has 2 aromatic heterocycles. The second-order valence-electron chi connectivity index (χ2n) is 6.16. The molecule has 2 heterocycles. The first kappa shape index (κ1) is 19.5. The summed E-state index contributed by atoms with van der Waals surface area (Å²) in [6.45, 7) is 2.41. The van der Waals surface area contributed by atoms with E-state index in [4.69, 9.17) is 32.7 Å². The fourth-order valence-corrected chi connectivity index (χ4v) is 3.45. The average molecular weight is 404 g/mol. The van der Waals surface area contributed by atoms with Gasteiger partial charge in [-0.15, -0.1) is 0 Å². The van der Waals surface area contributed by atoms with Crippen LogP contribution >= 0.6 is 23.2 Å². The third-order valence-corrected chi connectivity index (χ3v) is 4.91. The quantitative estimate of drug-likeness (QED) is 0.589. The number of ether oxygens (including phenoxy) is 2. The van der Waals surface area contributed by atoms with Crippen molar-refractivity contribution < 1.29 is 9.47 Å². The molecule has 0 unspecified atom stereocenters. The van der Waals surface area contributed by atoms with E-state index in [0.29, 0.717) is 45.0 Å². The van der Waals surface area contributed by atoms with Gasteiger partial charge in [0.15, 0.2) is 11.5 Å². The first-order chi connectivity index (χ1) is 13.1. The molecule has 0 saturated heterocycles. The fourth-order valence-electron chi connectivity index (χ4n) is 2.98. The van der Waals surface area contributed by atoms with Crippen LogP contribution in [-0.2, 0) is 0 Å². The summed E-state index contributed by atoms with van der Waals surface area (Å²) >= 11 is 12.3. The van der Waals surface area contributed by atoms with Crippen molar-refractivity contribution in [1.82, 2.24) is 9.97 Å². The molecule has 1 aliphatic rings. The molecular formula is C20H19Cl2N3O2. The SMILES string of the molecule is CCOc1cnc(C(C#N)=Cc2c(Cl)cncc2Cl)cc1OC1CCCC1. The number of aromatic nitrogens is 2. The molecule has 7 heteroatoms. The van der Waals surface area contributed by atoms with Crippen LogP contribution in [0.1, 0.15) is 43.9 Å². The van der Waals surface area contributed by atoms with Gasteiger partial charge in [-0.2, -0.15) is 5.26 Å². The zero-order valence-electron chi connectivity index (χ0n) is 14.9. The van der Waals surface area contributed by atoms with Crippen LogP contribution in [0, 0.1) is 11.3 Å². The standard InChI is InChI=1S/C20H19Cl2N3O2/c1-2-26-20-12-25-18(8-19(20)27-14-5-3-4-6-14)13(9-23)7-15-16(21)10-24-11-17(15)22/h7-8,10-12,14H,2-6H2,1H3. The molecule has 1 saturated carbocycles. The van der Waals surface area contributed by atoms with Gasteiger partial charge in [-0.1, -0.05) is 23.2 Å². The molecular weight excluding hydrogens is 385 g/mol. The first-order valence-corrected chi connectivity index (χ1v) is 9.58. The zero-order valence-corrected chi connectivity index (χ0v) is 16.4. The Bertz CT molecular complexity index is 867. The van der Waals surface area contributed by atoms with Gasteiger partial charge in [0.25, 0.3) is 0 Å². The maximum Gasteiger partial charge on any atom is 0.179 e. The predicted octanol–water partition coefficient (Wildman–Crippen LogP) is 5.57. The number of halogens is 2. The summed E-state index contributed by atoms with van der Waals surface area (Å²) in [7, 11) is 0. The van der Waals surface area contributed by atoms with Gasteiger partial charge in [0, 0.05) is 24.0 Å².